The average Bonchev–Trinajstić information content (AvgIpc) is 3.15. The molecule has 0 aromatic heterocycles. The SMILES string of the molecule is O=C(O)C(=CNc1ccc(Br)cc1)C(=O)C1CC1. The Kier molecular flexibility index (Phi) is 3.81. The number of aliphatic carboxylic acids is 1. The Morgan fingerprint density at radius 2 is 1.89 bits per heavy atom. The zero-order valence-electron chi connectivity index (χ0n) is 9.52. The fourth-order valence-corrected chi connectivity index (χ4v) is 1.77. The standard InChI is InChI=1S/C13H12BrNO3/c14-9-3-5-10(6-4-9)15-7-11(13(17)18)12(16)8-1-2-8/h3-8,15H,1-2H2,(H,17,18). The van der Waals surface area contributed by atoms with Crippen molar-refractivity contribution in [2.45, 2.75) is 12.8 Å². The van der Waals surface area contributed by atoms with Crippen LogP contribution in [-0.2, 0) is 9.59 Å². The molecule has 1 fully saturated rings. The van der Waals surface area contributed by atoms with Crippen molar-refractivity contribution >= 4 is 33.4 Å². The number of rotatable bonds is 5. The highest BCUT2D eigenvalue weighted by Crippen LogP contribution is 2.32. The van der Waals surface area contributed by atoms with E-state index < -0.39 is 5.97 Å². The summed E-state index contributed by atoms with van der Waals surface area (Å²) in [5.74, 6) is -1.57. The number of carbonyl (C=O) groups is 2. The highest BCUT2D eigenvalue weighted by atomic mass is 79.9. The Balaban J connectivity index is 2.10. The maximum absolute atomic E-state index is 11.7. The second-order valence-corrected chi connectivity index (χ2v) is 5.07. The molecule has 0 amide bonds. The van der Waals surface area contributed by atoms with Gasteiger partial charge in [-0.25, -0.2) is 4.79 Å². The second-order valence-electron chi connectivity index (χ2n) is 4.15. The van der Waals surface area contributed by atoms with E-state index in [0.717, 1.165) is 23.0 Å². The minimum atomic E-state index is -1.18. The minimum Gasteiger partial charge on any atom is -0.478 e. The lowest BCUT2D eigenvalue weighted by molar-refractivity contribution is -0.134. The summed E-state index contributed by atoms with van der Waals surface area (Å²) in [5.41, 5.74) is 0.556. The lowest BCUT2D eigenvalue weighted by Crippen LogP contribution is -2.15. The van der Waals surface area contributed by atoms with E-state index in [1.807, 2.05) is 12.1 Å². The Hall–Kier alpha value is -1.62. The molecule has 0 aliphatic heterocycles. The van der Waals surface area contributed by atoms with Crippen LogP contribution in [0, 0.1) is 5.92 Å². The second kappa shape index (κ2) is 5.35. The van der Waals surface area contributed by atoms with Crippen LogP contribution >= 0.6 is 15.9 Å². The minimum absolute atomic E-state index is 0.0981. The predicted octanol–water partition coefficient (Wildman–Crippen LogP) is 2.81. The average molecular weight is 310 g/mol. The molecule has 0 bridgehead atoms. The maximum atomic E-state index is 11.7. The predicted molar refractivity (Wildman–Crippen MR) is 71.2 cm³/mol. The number of hydrogen-bond acceptors (Lipinski definition) is 3. The number of halogens is 1. The van der Waals surface area contributed by atoms with Crippen LogP contribution in [-0.4, -0.2) is 16.9 Å². The van der Waals surface area contributed by atoms with Crippen molar-refractivity contribution in [1.82, 2.24) is 0 Å². The fraction of sp³-hybridized carbons (Fsp3) is 0.231. The first kappa shape index (κ1) is 12.8. The van der Waals surface area contributed by atoms with Gasteiger partial charge in [0.2, 0.25) is 0 Å². The van der Waals surface area contributed by atoms with Crippen molar-refractivity contribution in [3.63, 3.8) is 0 Å². The molecule has 1 aromatic rings. The van der Waals surface area contributed by atoms with Crippen LogP contribution < -0.4 is 5.32 Å². The van der Waals surface area contributed by atoms with Crippen LogP contribution in [0.2, 0.25) is 0 Å². The molecule has 0 atom stereocenters. The molecule has 18 heavy (non-hydrogen) atoms. The van der Waals surface area contributed by atoms with Gasteiger partial charge in [0.1, 0.15) is 5.57 Å². The van der Waals surface area contributed by atoms with Gasteiger partial charge in [0.25, 0.3) is 0 Å². The first-order valence-corrected chi connectivity index (χ1v) is 6.37. The maximum Gasteiger partial charge on any atom is 0.340 e. The molecule has 0 unspecified atom stereocenters. The van der Waals surface area contributed by atoms with Crippen molar-refractivity contribution in [2.24, 2.45) is 5.92 Å². The summed E-state index contributed by atoms with van der Waals surface area (Å²) < 4.78 is 0.935. The van der Waals surface area contributed by atoms with E-state index in [9.17, 15) is 9.59 Å². The molecule has 1 aromatic carbocycles. The van der Waals surface area contributed by atoms with Crippen LogP contribution in [0.15, 0.2) is 40.5 Å². The van der Waals surface area contributed by atoms with Gasteiger partial charge < -0.3 is 10.4 Å². The fourth-order valence-electron chi connectivity index (χ4n) is 1.51. The number of anilines is 1. The largest absolute Gasteiger partial charge is 0.478 e. The van der Waals surface area contributed by atoms with Crippen molar-refractivity contribution in [3.8, 4) is 0 Å². The number of carboxylic acid groups (broad SMARTS) is 1. The molecule has 1 saturated carbocycles. The van der Waals surface area contributed by atoms with E-state index in [1.54, 1.807) is 12.1 Å². The summed E-state index contributed by atoms with van der Waals surface area (Å²) >= 11 is 3.31. The molecule has 1 aliphatic carbocycles. The Morgan fingerprint density at radius 3 is 2.39 bits per heavy atom. The summed E-state index contributed by atoms with van der Waals surface area (Å²) in [5, 5.41) is 11.8. The first-order valence-electron chi connectivity index (χ1n) is 5.57. The van der Waals surface area contributed by atoms with Crippen LogP contribution in [0.3, 0.4) is 0 Å². The van der Waals surface area contributed by atoms with Gasteiger partial charge in [-0.15, -0.1) is 0 Å². The number of ketones is 1. The Morgan fingerprint density at radius 1 is 1.28 bits per heavy atom. The lowest BCUT2D eigenvalue weighted by Gasteiger charge is -2.03. The van der Waals surface area contributed by atoms with Crippen LogP contribution in [0.1, 0.15) is 12.8 Å². The van der Waals surface area contributed by atoms with Gasteiger partial charge >= 0.3 is 5.97 Å². The number of benzene rings is 1. The van der Waals surface area contributed by atoms with E-state index in [1.165, 1.54) is 6.20 Å². The number of Topliss-reactive ketones (excluding diaryl/α,β-unsaturated/α-hetero) is 1. The topological polar surface area (TPSA) is 66.4 Å². The van der Waals surface area contributed by atoms with Gasteiger partial charge in [0.15, 0.2) is 5.78 Å². The quantitative estimate of drug-likeness (QED) is 0.498. The summed E-state index contributed by atoms with van der Waals surface area (Å²) in [6.07, 6.45) is 2.86. The van der Waals surface area contributed by atoms with Gasteiger partial charge in [-0.05, 0) is 37.1 Å². The van der Waals surface area contributed by atoms with Crippen molar-refractivity contribution < 1.29 is 14.7 Å². The van der Waals surface area contributed by atoms with Gasteiger partial charge in [-0.3, -0.25) is 4.79 Å². The highest BCUT2D eigenvalue weighted by Gasteiger charge is 2.34. The number of hydrogen-bond donors (Lipinski definition) is 2. The molecule has 0 radical (unpaired) electrons. The van der Waals surface area contributed by atoms with Crippen LogP contribution in [0.5, 0.6) is 0 Å². The molecule has 0 heterocycles. The van der Waals surface area contributed by atoms with Gasteiger partial charge in [0, 0.05) is 22.3 Å². The Labute approximate surface area is 113 Å². The smallest absolute Gasteiger partial charge is 0.340 e. The monoisotopic (exact) mass is 309 g/mol. The number of carbonyl (C=O) groups excluding carboxylic acids is 1. The van der Waals surface area contributed by atoms with Gasteiger partial charge in [-0.1, -0.05) is 15.9 Å². The summed E-state index contributed by atoms with van der Waals surface area (Å²) in [7, 11) is 0. The van der Waals surface area contributed by atoms with E-state index in [-0.39, 0.29) is 17.3 Å². The van der Waals surface area contributed by atoms with Gasteiger partial charge in [0.05, 0.1) is 0 Å². The number of nitrogens with one attached hydrogen (secondary N) is 1. The first-order chi connectivity index (χ1) is 8.58. The molecule has 4 nitrogen and oxygen atoms in total. The van der Waals surface area contributed by atoms with Gasteiger partial charge in [-0.2, -0.15) is 0 Å². The third-order valence-corrected chi connectivity index (χ3v) is 3.20. The van der Waals surface area contributed by atoms with E-state index in [4.69, 9.17) is 5.11 Å². The molecular formula is C13H12BrNO3. The molecule has 1 aliphatic rings. The van der Waals surface area contributed by atoms with Crippen molar-refractivity contribution in [2.75, 3.05) is 5.32 Å². The lowest BCUT2D eigenvalue weighted by atomic mass is 10.1. The third-order valence-electron chi connectivity index (χ3n) is 2.67. The number of carboxylic acids is 1. The highest BCUT2D eigenvalue weighted by molar-refractivity contribution is 9.10. The third kappa shape index (κ3) is 3.20. The molecule has 0 saturated heterocycles. The molecule has 94 valence electrons. The zero-order valence-corrected chi connectivity index (χ0v) is 11.1. The van der Waals surface area contributed by atoms with E-state index in [0.29, 0.717) is 0 Å². The molecule has 0 spiro atoms. The normalized spacial score (nSPS) is 15.3. The molecule has 2 rings (SSSR count). The van der Waals surface area contributed by atoms with Crippen molar-refractivity contribution in [1.29, 1.82) is 0 Å². The van der Waals surface area contributed by atoms with Crippen LogP contribution in [0.25, 0.3) is 0 Å². The summed E-state index contributed by atoms with van der Waals surface area (Å²) in [6, 6.07) is 7.25. The van der Waals surface area contributed by atoms with E-state index in [2.05, 4.69) is 21.2 Å². The summed E-state index contributed by atoms with van der Waals surface area (Å²) in [6.45, 7) is 0. The molecule has 5 heteroatoms. The van der Waals surface area contributed by atoms with Crippen LogP contribution in [0.4, 0.5) is 5.69 Å². The van der Waals surface area contributed by atoms with Crippen molar-refractivity contribution in [3.05, 3.63) is 40.5 Å². The zero-order chi connectivity index (χ0) is 13.1. The molecule has 2 N–H and O–H groups in total. The molecular weight excluding hydrogens is 298 g/mol. The Bertz CT molecular complexity index is 503. The summed E-state index contributed by atoms with van der Waals surface area (Å²) in [4.78, 5) is 22.7. The van der Waals surface area contributed by atoms with E-state index >= 15 is 0 Å².